The molecule has 0 radical (unpaired) electrons. The highest BCUT2D eigenvalue weighted by atomic mass is 79.9. The molecule has 0 saturated heterocycles. The van der Waals surface area contributed by atoms with Gasteiger partial charge in [-0.05, 0) is 19.9 Å². The van der Waals surface area contributed by atoms with Gasteiger partial charge in [0.05, 0.1) is 5.41 Å². The van der Waals surface area contributed by atoms with Gasteiger partial charge in [0.1, 0.15) is 7.05 Å². The van der Waals surface area contributed by atoms with E-state index >= 15 is 0 Å². The summed E-state index contributed by atoms with van der Waals surface area (Å²) in [4.78, 5) is 0. The van der Waals surface area contributed by atoms with Crippen LogP contribution in [0.2, 0.25) is 0 Å². The SMILES string of the molecule is C[N+]1=CC(C)(C)c2ccc(Br)cc21. The molecular formula is C11H13BrN+. The Labute approximate surface area is 87.2 Å². The molecule has 0 bridgehead atoms. The molecule has 2 rings (SSSR count). The number of rotatable bonds is 0. The fourth-order valence-electron chi connectivity index (χ4n) is 1.96. The Morgan fingerprint density at radius 2 is 2.00 bits per heavy atom. The average Bonchev–Trinajstić information content (AvgIpc) is 2.22. The van der Waals surface area contributed by atoms with Gasteiger partial charge < -0.3 is 0 Å². The normalized spacial score (nSPS) is 18.3. The third kappa shape index (κ3) is 1.33. The van der Waals surface area contributed by atoms with Crippen LogP contribution >= 0.6 is 15.9 Å². The lowest BCUT2D eigenvalue weighted by Crippen LogP contribution is -2.15. The third-order valence-corrected chi connectivity index (χ3v) is 3.04. The second kappa shape index (κ2) is 2.68. The van der Waals surface area contributed by atoms with E-state index in [2.05, 4.69) is 65.8 Å². The number of hydrogen-bond acceptors (Lipinski definition) is 0. The Bertz CT molecular complexity index is 391. The van der Waals surface area contributed by atoms with Gasteiger partial charge in [-0.3, -0.25) is 0 Å². The summed E-state index contributed by atoms with van der Waals surface area (Å²) in [5.74, 6) is 0. The molecule has 1 aromatic carbocycles. The zero-order valence-corrected chi connectivity index (χ0v) is 9.72. The van der Waals surface area contributed by atoms with Crippen LogP contribution in [-0.2, 0) is 5.41 Å². The zero-order valence-electron chi connectivity index (χ0n) is 8.13. The number of benzene rings is 1. The maximum absolute atomic E-state index is 3.49. The molecule has 1 aromatic rings. The highest BCUT2D eigenvalue weighted by Crippen LogP contribution is 2.36. The van der Waals surface area contributed by atoms with Crippen molar-refractivity contribution in [3.63, 3.8) is 0 Å². The van der Waals surface area contributed by atoms with Crippen LogP contribution in [0, 0.1) is 0 Å². The molecule has 0 spiro atoms. The third-order valence-electron chi connectivity index (χ3n) is 2.55. The number of fused-ring (bicyclic) bond motifs is 1. The summed E-state index contributed by atoms with van der Waals surface area (Å²) >= 11 is 3.49. The Hall–Kier alpha value is -0.630. The van der Waals surface area contributed by atoms with E-state index in [1.165, 1.54) is 11.3 Å². The predicted octanol–water partition coefficient (Wildman–Crippen LogP) is 3.08. The lowest BCUT2D eigenvalue weighted by molar-refractivity contribution is -0.397. The van der Waals surface area contributed by atoms with Crippen molar-refractivity contribution in [1.82, 2.24) is 0 Å². The van der Waals surface area contributed by atoms with E-state index in [9.17, 15) is 0 Å². The average molecular weight is 239 g/mol. The minimum Gasteiger partial charge on any atom is -0.204 e. The Kier molecular flexibility index (Phi) is 1.84. The first kappa shape index (κ1) is 8.95. The largest absolute Gasteiger partial charge is 0.210 e. The Morgan fingerprint density at radius 1 is 1.31 bits per heavy atom. The van der Waals surface area contributed by atoms with E-state index in [-0.39, 0.29) is 5.41 Å². The number of hydrogen-bond donors (Lipinski definition) is 0. The fourth-order valence-corrected chi connectivity index (χ4v) is 2.31. The predicted molar refractivity (Wildman–Crippen MR) is 59.1 cm³/mol. The summed E-state index contributed by atoms with van der Waals surface area (Å²) in [7, 11) is 2.10. The number of nitrogens with zero attached hydrogens (tertiary/aromatic N) is 1. The van der Waals surface area contributed by atoms with Crippen LogP contribution in [-0.4, -0.2) is 17.8 Å². The van der Waals surface area contributed by atoms with Crippen molar-refractivity contribution >= 4 is 27.8 Å². The minimum absolute atomic E-state index is 0.171. The molecule has 68 valence electrons. The molecule has 0 fully saturated rings. The van der Waals surface area contributed by atoms with Crippen LogP contribution in [0.25, 0.3) is 0 Å². The molecule has 1 aliphatic rings. The smallest absolute Gasteiger partial charge is 0.204 e. The first-order chi connectivity index (χ1) is 6.00. The van der Waals surface area contributed by atoms with E-state index in [0.29, 0.717) is 0 Å². The highest BCUT2D eigenvalue weighted by molar-refractivity contribution is 9.10. The quantitative estimate of drug-likeness (QED) is 0.612. The lowest BCUT2D eigenvalue weighted by Gasteiger charge is -2.10. The van der Waals surface area contributed by atoms with E-state index in [4.69, 9.17) is 0 Å². The van der Waals surface area contributed by atoms with Crippen molar-refractivity contribution in [3.05, 3.63) is 28.2 Å². The molecule has 0 aliphatic carbocycles. The summed E-state index contributed by atoms with van der Waals surface area (Å²) in [6.45, 7) is 4.48. The molecule has 2 heteroatoms. The van der Waals surface area contributed by atoms with Gasteiger partial charge in [0.2, 0.25) is 5.69 Å². The highest BCUT2D eigenvalue weighted by Gasteiger charge is 2.35. The van der Waals surface area contributed by atoms with Gasteiger partial charge in [0.25, 0.3) is 0 Å². The van der Waals surface area contributed by atoms with Crippen LogP contribution in [0.15, 0.2) is 22.7 Å². The van der Waals surface area contributed by atoms with Gasteiger partial charge in [0.15, 0.2) is 6.21 Å². The van der Waals surface area contributed by atoms with Crippen molar-refractivity contribution in [3.8, 4) is 0 Å². The topological polar surface area (TPSA) is 3.01 Å². The zero-order chi connectivity index (χ0) is 9.64. The minimum atomic E-state index is 0.171. The van der Waals surface area contributed by atoms with Crippen LogP contribution in [0.1, 0.15) is 19.4 Å². The standard InChI is InChI=1S/C11H13BrN/c1-11(2)7-13(3)10-6-8(12)4-5-9(10)11/h4-7H,1-3H3/q+1. The summed E-state index contributed by atoms with van der Waals surface area (Å²) in [6.07, 6.45) is 2.25. The van der Waals surface area contributed by atoms with Crippen molar-refractivity contribution in [2.45, 2.75) is 19.3 Å². The Morgan fingerprint density at radius 3 is 2.69 bits per heavy atom. The summed E-state index contributed by atoms with van der Waals surface area (Å²) < 4.78 is 3.34. The fraction of sp³-hybridized carbons (Fsp3) is 0.364. The monoisotopic (exact) mass is 238 g/mol. The van der Waals surface area contributed by atoms with Gasteiger partial charge in [-0.1, -0.05) is 22.0 Å². The first-order valence-corrected chi connectivity index (χ1v) is 5.19. The maximum atomic E-state index is 3.49. The van der Waals surface area contributed by atoms with Gasteiger partial charge in [-0.15, -0.1) is 0 Å². The van der Waals surface area contributed by atoms with Gasteiger partial charge in [-0.25, -0.2) is 4.58 Å². The second-order valence-corrected chi connectivity index (χ2v) is 5.04. The van der Waals surface area contributed by atoms with Crippen LogP contribution in [0.4, 0.5) is 5.69 Å². The maximum Gasteiger partial charge on any atom is 0.210 e. The molecule has 0 saturated carbocycles. The van der Waals surface area contributed by atoms with Crippen LogP contribution < -0.4 is 0 Å². The molecule has 0 atom stereocenters. The Balaban J connectivity index is 2.67. The molecule has 0 N–H and O–H groups in total. The summed E-state index contributed by atoms with van der Waals surface area (Å²) in [6, 6.07) is 6.47. The van der Waals surface area contributed by atoms with E-state index in [1.807, 2.05) is 0 Å². The van der Waals surface area contributed by atoms with Gasteiger partial charge >= 0.3 is 0 Å². The lowest BCUT2D eigenvalue weighted by atomic mass is 9.87. The van der Waals surface area contributed by atoms with Crippen molar-refractivity contribution in [2.75, 3.05) is 7.05 Å². The van der Waals surface area contributed by atoms with Crippen LogP contribution in [0.5, 0.6) is 0 Å². The molecule has 0 aromatic heterocycles. The van der Waals surface area contributed by atoms with E-state index in [1.54, 1.807) is 0 Å². The molecule has 1 heterocycles. The summed E-state index contributed by atoms with van der Waals surface area (Å²) in [5, 5.41) is 0. The van der Waals surface area contributed by atoms with Gasteiger partial charge in [-0.2, -0.15) is 0 Å². The van der Waals surface area contributed by atoms with Crippen LogP contribution in [0.3, 0.4) is 0 Å². The molecular weight excluding hydrogens is 226 g/mol. The molecule has 1 nitrogen and oxygen atoms in total. The molecule has 0 unspecified atom stereocenters. The van der Waals surface area contributed by atoms with Crippen molar-refractivity contribution in [2.24, 2.45) is 0 Å². The number of halogens is 1. The second-order valence-electron chi connectivity index (χ2n) is 4.12. The molecule has 1 aliphatic heterocycles. The van der Waals surface area contributed by atoms with Gasteiger partial charge in [0, 0.05) is 16.1 Å². The van der Waals surface area contributed by atoms with Crippen molar-refractivity contribution in [1.29, 1.82) is 0 Å². The molecule has 0 amide bonds. The van der Waals surface area contributed by atoms with E-state index < -0.39 is 0 Å². The molecule has 13 heavy (non-hydrogen) atoms. The first-order valence-electron chi connectivity index (χ1n) is 4.39. The van der Waals surface area contributed by atoms with Crippen molar-refractivity contribution < 1.29 is 4.58 Å². The summed E-state index contributed by atoms with van der Waals surface area (Å²) in [5.41, 5.74) is 2.88. The van der Waals surface area contributed by atoms with E-state index in [0.717, 1.165) is 4.47 Å².